The van der Waals surface area contributed by atoms with Crippen LogP contribution in [0.3, 0.4) is 0 Å². The van der Waals surface area contributed by atoms with Gasteiger partial charge in [0.15, 0.2) is 0 Å². The van der Waals surface area contributed by atoms with E-state index in [-0.39, 0.29) is 0 Å². The number of methoxy groups -OCH3 is 1. The molecule has 13 heavy (non-hydrogen) atoms. The van der Waals surface area contributed by atoms with Crippen LogP contribution in [0.15, 0.2) is 29.4 Å². The Morgan fingerprint density at radius 1 is 1.69 bits per heavy atom. The van der Waals surface area contributed by atoms with Gasteiger partial charge in [-0.2, -0.15) is 0 Å². The predicted molar refractivity (Wildman–Crippen MR) is 48.4 cm³/mol. The summed E-state index contributed by atoms with van der Waals surface area (Å²) >= 11 is 0. The number of esters is 1. The molecule has 0 unspecified atom stereocenters. The number of ether oxygens (including phenoxy) is 1. The Hall–Kier alpha value is -1.71. The van der Waals surface area contributed by atoms with Crippen molar-refractivity contribution in [1.29, 1.82) is 0 Å². The first-order valence-electron chi connectivity index (χ1n) is 3.80. The van der Waals surface area contributed by atoms with E-state index in [1.54, 1.807) is 6.20 Å². The lowest BCUT2D eigenvalue weighted by Crippen LogP contribution is -2.01. The molecule has 4 heteroatoms. The molecular formula is C9H10N2O2. The lowest BCUT2D eigenvalue weighted by molar-refractivity contribution is -0.132. The zero-order valence-electron chi connectivity index (χ0n) is 7.30. The van der Waals surface area contributed by atoms with Gasteiger partial charge in [0.1, 0.15) is 6.21 Å². The van der Waals surface area contributed by atoms with Crippen LogP contribution in [0.1, 0.15) is 5.69 Å². The average Bonchev–Trinajstić information content (AvgIpc) is 2.19. The highest BCUT2D eigenvalue weighted by molar-refractivity contribution is 6.23. The zero-order chi connectivity index (χ0) is 9.52. The van der Waals surface area contributed by atoms with Crippen LogP contribution in [-0.2, 0) is 16.1 Å². The SMILES string of the molecule is COC(=O)C=NCc1ccccn1. The van der Waals surface area contributed by atoms with Crippen LogP contribution in [0.2, 0.25) is 0 Å². The van der Waals surface area contributed by atoms with E-state index in [1.807, 2.05) is 18.2 Å². The molecule has 0 atom stereocenters. The molecule has 0 aliphatic rings. The van der Waals surface area contributed by atoms with E-state index < -0.39 is 5.97 Å². The second kappa shape index (κ2) is 5.03. The Kier molecular flexibility index (Phi) is 3.63. The molecular weight excluding hydrogens is 168 g/mol. The minimum Gasteiger partial charge on any atom is -0.465 e. The first kappa shape index (κ1) is 9.38. The fraction of sp³-hybridized carbons (Fsp3) is 0.222. The second-order valence-corrected chi connectivity index (χ2v) is 2.31. The van der Waals surface area contributed by atoms with Crippen molar-refractivity contribution in [3.63, 3.8) is 0 Å². The molecule has 1 rings (SSSR count). The molecule has 0 amide bonds. The molecule has 0 fully saturated rings. The number of aliphatic imine (C=N–C) groups is 1. The van der Waals surface area contributed by atoms with E-state index in [2.05, 4.69) is 14.7 Å². The van der Waals surface area contributed by atoms with Gasteiger partial charge in [-0.05, 0) is 12.1 Å². The van der Waals surface area contributed by atoms with Gasteiger partial charge in [-0.3, -0.25) is 9.98 Å². The van der Waals surface area contributed by atoms with Crippen molar-refractivity contribution in [3.05, 3.63) is 30.1 Å². The Labute approximate surface area is 76.3 Å². The smallest absolute Gasteiger partial charge is 0.348 e. The minimum atomic E-state index is -0.448. The molecule has 0 aliphatic carbocycles. The minimum absolute atomic E-state index is 0.399. The third kappa shape index (κ3) is 3.46. The van der Waals surface area contributed by atoms with Crippen molar-refractivity contribution >= 4 is 12.2 Å². The highest BCUT2D eigenvalue weighted by atomic mass is 16.5. The number of hydrogen-bond donors (Lipinski definition) is 0. The van der Waals surface area contributed by atoms with Crippen molar-refractivity contribution in [1.82, 2.24) is 4.98 Å². The van der Waals surface area contributed by atoms with Crippen LogP contribution in [0, 0.1) is 0 Å². The Morgan fingerprint density at radius 2 is 2.54 bits per heavy atom. The summed E-state index contributed by atoms with van der Waals surface area (Å²) in [5.74, 6) is -0.448. The molecule has 0 aromatic carbocycles. The summed E-state index contributed by atoms with van der Waals surface area (Å²) in [6.07, 6.45) is 2.83. The molecule has 68 valence electrons. The number of carbonyl (C=O) groups is 1. The summed E-state index contributed by atoms with van der Waals surface area (Å²) < 4.78 is 4.38. The molecule has 0 radical (unpaired) electrons. The number of rotatable bonds is 3. The van der Waals surface area contributed by atoms with Gasteiger partial charge in [0.2, 0.25) is 0 Å². The Bertz CT molecular complexity index is 296. The van der Waals surface area contributed by atoms with Gasteiger partial charge in [-0.25, -0.2) is 4.79 Å². The standard InChI is InChI=1S/C9H10N2O2/c1-13-9(12)7-10-6-8-4-2-3-5-11-8/h2-5,7H,6H2,1H3. The van der Waals surface area contributed by atoms with E-state index >= 15 is 0 Å². The predicted octanol–water partition coefficient (Wildman–Crippen LogP) is 0.825. The van der Waals surface area contributed by atoms with Crippen molar-refractivity contribution in [2.24, 2.45) is 4.99 Å². The number of pyridine rings is 1. The summed E-state index contributed by atoms with van der Waals surface area (Å²) in [6.45, 7) is 0.399. The normalized spacial score (nSPS) is 10.2. The van der Waals surface area contributed by atoms with E-state index in [9.17, 15) is 4.79 Å². The lowest BCUT2D eigenvalue weighted by atomic mass is 10.3. The molecule has 0 N–H and O–H groups in total. The maximum Gasteiger partial charge on any atom is 0.348 e. The molecule has 1 aromatic rings. The Balaban J connectivity index is 2.44. The largest absolute Gasteiger partial charge is 0.465 e. The van der Waals surface area contributed by atoms with Gasteiger partial charge >= 0.3 is 5.97 Å². The van der Waals surface area contributed by atoms with Gasteiger partial charge in [-0.15, -0.1) is 0 Å². The van der Waals surface area contributed by atoms with Crippen LogP contribution in [-0.4, -0.2) is 24.3 Å². The first-order valence-corrected chi connectivity index (χ1v) is 3.80. The fourth-order valence-corrected chi connectivity index (χ4v) is 0.758. The zero-order valence-corrected chi connectivity index (χ0v) is 7.30. The summed E-state index contributed by atoms with van der Waals surface area (Å²) in [6, 6.07) is 5.54. The van der Waals surface area contributed by atoms with Crippen LogP contribution in [0.5, 0.6) is 0 Å². The van der Waals surface area contributed by atoms with Crippen molar-refractivity contribution in [2.75, 3.05) is 7.11 Å². The molecule has 0 saturated carbocycles. The van der Waals surface area contributed by atoms with Crippen molar-refractivity contribution < 1.29 is 9.53 Å². The molecule has 4 nitrogen and oxygen atoms in total. The Morgan fingerprint density at radius 3 is 3.15 bits per heavy atom. The summed E-state index contributed by atoms with van der Waals surface area (Å²) in [4.78, 5) is 18.5. The van der Waals surface area contributed by atoms with Crippen LogP contribution < -0.4 is 0 Å². The van der Waals surface area contributed by atoms with Gasteiger partial charge < -0.3 is 4.74 Å². The summed E-state index contributed by atoms with van der Waals surface area (Å²) in [5.41, 5.74) is 0.822. The molecule has 1 heterocycles. The topological polar surface area (TPSA) is 51.5 Å². The van der Waals surface area contributed by atoms with E-state index in [0.717, 1.165) is 11.9 Å². The summed E-state index contributed by atoms with van der Waals surface area (Å²) in [7, 11) is 1.31. The lowest BCUT2D eigenvalue weighted by Gasteiger charge is -1.92. The van der Waals surface area contributed by atoms with Crippen molar-refractivity contribution in [2.45, 2.75) is 6.54 Å². The quantitative estimate of drug-likeness (QED) is 0.508. The average molecular weight is 178 g/mol. The van der Waals surface area contributed by atoms with E-state index in [0.29, 0.717) is 6.54 Å². The third-order valence-electron chi connectivity index (χ3n) is 1.38. The van der Waals surface area contributed by atoms with Crippen molar-refractivity contribution in [3.8, 4) is 0 Å². The van der Waals surface area contributed by atoms with E-state index in [1.165, 1.54) is 7.11 Å². The number of hydrogen-bond acceptors (Lipinski definition) is 4. The van der Waals surface area contributed by atoms with E-state index in [4.69, 9.17) is 0 Å². The van der Waals surface area contributed by atoms with Gasteiger partial charge in [0.05, 0.1) is 19.3 Å². The highest BCUT2D eigenvalue weighted by Crippen LogP contribution is 1.94. The second-order valence-electron chi connectivity index (χ2n) is 2.31. The molecule has 0 saturated heterocycles. The highest BCUT2D eigenvalue weighted by Gasteiger charge is 1.92. The van der Waals surface area contributed by atoms with Gasteiger partial charge in [0, 0.05) is 6.20 Å². The van der Waals surface area contributed by atoms with Crippen LogP contribution in [0.4, 0.5) is 0 Å². The monoisotopic (exact) mass is 178 g/mol. The van der Waals surface area contributed by atoms with Gasteiger partial charge in [0.25, 0.3) is 0 Å². The number of aromatic nitrogens is 1. The van der Waals surface area contributed by atoms with Crippen LogP contribution in [0.25, 0.3) is 0 Å². The molecule has 1 aromatic heterocycles. The fourth-order valence-electron chi connectivity index (χ4n) is 0.758. The number of nitrogens with zero attached hydrogens (tertiary/aromatic N) is 2. The van der Waals surface area contributed by atoms with Crippen LogP contribution >= 0.6 is 0 Å². The molecule has 0 bridgehead atoms. The maximum atomic E-state index is 10.6. The summed E-state index contributed by atoms with van der Waals surface area (Å²) in [5, 5.41) is 0. The first-order chi connectivity index (χ1) is 6.33. The molecule has 0 spiro atoms. The number of carbonyl (C=O) groups excluding carboxylic acids is 1. The maximum absolute atomic E-state index is 10.6. The third-order valence-corrected chi connectivity index (χ3v) is 1.38. The van der Waals surface area contributed by atoms with Gasteiger partial charge in [-0.1, -0.05) is 6.07 Å². The molecule has 0 aliphatic heterocycles.